The molecule has 0 aromatic rings. The van der Waals surface area contributed by atoms with E-state index in [0.29, 0.717) is 66.4 Å². The average molecular weight is 1200 g/mol. The van der Waals surface area contributed by atoms with Crippen LogP contribution in [-0.4, -0.2) is 125 Å². The molecule has 0 aromatic carbocycles. The fraction of sp³-hybridized carbons (Fsp3) is 0.587. The lowest BCUT2D eigenvalue weighted by molar-refractivity contribution is -0.228. The normalized spacial score (nSPS) is 29.0. The number of carbonyl (C=O) groups is 10. The van der Waals surface area contributed by atoms with Gasteiger partial charge >= 0.3 is 59.7 Å². The molecule has 8 bridgehead atoms. The van der Waals surface area contributed by atoms with Crippen molar-refractivity contribution < 1.29 is 106 Å². The van der Waals surface area contributed by atoms with Crippen LogP contribution in [0.4, 0.5) is 0 Å². The van der Waals surface area contributed by atoms with Crippen LogP contribution < -0.4 is 0 Å². The van der Waals surface area contributed by atoms with Crippen LogP contribution in [0.2, 0.25) is 0 Å². The summed E-state index contributed by atoms with van der Waals surface area (Å²) >= 11 is 0. The van der Waals surface area contributed by atoms with E-state index in [9.17, 15) is 53.1 Å². The lowest BCUT2D eigenvalue weighted by atomic mass is 9.50. The minimum absolute atomic E-state index is 0.152. The first-order chi connectivity index (χ1) is 40.0. The van der Waals surface area contributed by atoms with Crippen molar-refractivity contribution in [2.45, 2.75) is 173 Å². The van der Waals surface area contributed by atoms with E-state index >= 15 is 0 Å². The van der Waals surface area contributed by atoms with Crippen LogP contribution in [0.25, 0.3) is 0 Å². The van der Waals surface area contributed by atoms with Gasteiger partial charge in [-0.3, -0.25) is 9.68 Å². The summed E-state index contributed by atoms with van der Waals surface area (Å²) in [4.78, 5) is 110. The van der Waals surface area contributed by atoms with E-state index in [0.717, 1.165) is 74.9 Å². The number of cyclic esters (lactones) is 4. The van der Waals surface area contributed by atoms with Crippen LogP contribution in [0, 0.1) is 35.5 Å². The Morgan fingerprint density at radius 1 is 0.682 bits per heavy atom. The Morgan fingerprint density at radius 2 is 1.20 bits per heavy atom. The second kappa shape index (κ2) is 34.5. The lowest BCUT2D eigenvalue weighted by Gasteiger charge is -2.59. The number of carbonyl (C=O) groups excluding carboxylic acids is 10. The molecule has 470 valence electrons. The average Bonchev–Trinajstić information content (AvgIpc) is 1.36. The highest BCUT2D eigenvalue weighted by atomic mass is 17.1. The smallest absolute Gasteiger partial charge is 0.365 e. The number of allylic oxidation sites excluding steroid dienone is 1. The molecule has 4 atom stereocenters. The van der Waals surface area contributed by atoms with Gasteiger partial charge in [0.1, 0.15) is 23.9 Å². The highest BCUT2D eigenvalue weighted by Gasteiger charge is 2.59. The number of ether oxygens (including phenoxy) is 9. The maximum absolute atomic E-state index is 11.8. The van der Waals surface area contributed by atoms with Gasteiger partial charge in [-0.25, -0.2) is 43.2 Å². The minimum Gasteiger partial charge on any atom is -0.502 e. The molecule has 10 fully saturated rings. The highest BCUT2D eigenvalue weighted by molar-refractivity contribution is 6.05. The van der Waals surface area contributed by atoms with Gasteiger partial charge in [-0.2, -0.15) is 5.26 Å². The van der Waals surface area contributed by atoms with Gasteiger partial charge in [0.05, 0.1) is 38.1 Å². The van der Waals surface area contributed by atoms with Crippen molar-refractivity contribution in [2.75, 3.05) is 26.4 Å². The molecule has 2 saturated heterocycles. The summed E-state index contributed by atoms with van der Waals surface area (Å²) in [5, 5.41) is 17.9. The zero-order chi connectivity index (χ0) is 63.7. The van der Waals surface area contributed by atoms with Crippen LogP contribution in [0.1, 0.15) is 144 Å². The Morgan fingerprint density at radius 3 is 1.55 bits per heavy atom. The fourth-order valence-corrected chi connectivity index (χ4v) is 11.8. The molecular formula is C63H86O22. The summed E-state index contributed by atoms with van der Waals surface area (Å²) in [5.41, 5.74) is 0.425. The van der Waals surface area contributed by atoms with Crippen molar-refractivity contribution in [3.63, 3.8) is 0 Å². The Kier molecular flexibility index (Phi) is 29.1. The molecule has 12 rings (SSSR count). The Labute approximate surface area is 497 Å². The molecule has 85 heavy (non-hydrogen) atoms. The van der Waals surface area contributed by atoms with E-state index in [1.54, 1.807) is 27.0 Å². The van der Waals surface area contributed by atoms with Gasteiger partial charge in [0.2, 0.25) is 6.10 Å². The van der Waals surface area contributed by atoms with Gasteiger partial charge in [-0.05, 0) is 160 Å². The van der Waals surface area contributed by atoms with Crippen LogP contribution in [-0.2, 0) is 95.5 Å². The Bertz CT molecular complexity index is 2480. The van der Waals surface area contributed by atoms with Crippen molar-refractivity contribution in [1.82, 2.24) is 0 Å². The summed E-state index contributed by atoms with van der Waals surface area (Å²) in [6.07, 6.45) is 22.7. The van der Waals surface area contributed by atoms with Crippen molar-refractivity contribution in [2.24, 2.45) is 35.5 Å². The van der Waals surface area contributed by atoms with Crippen LogP contribution in [0.15, 0.2) is 98.4 Å². The van der Waals surface area contributed by atoms with Crippen LogP contribution >= 0.6 is 0 Å². The topological polar surface area (TPSA) is 303 Å². The van der Waals surface area contributed by atoms with Crippen LogP contribution in [0.5, 0.6) is 0 Å². The second-order valence-electron chi connectivity index (χ2n) is 23.0. The van der Waals surface area contributed by atoms with E-state index in [2.05, 4.69) is 70.2 Å². The fourth-order valence-electron chi connectivity index (χ4n) is 11.8. The summed E-state index contributed by atoms with van der Waals surface area (Å²) < 4.78 is 43.8. The van der Waals surface area contributed by atoms with E-state index in [4.69, 9.17) is 28.9 Å². The first-order valence-electron chi connectivity index (χ1n) is 28.5. The van der Waals surface area contributed by atoms with E-state index in [1.165, 1.54) is 58.3 Å². The third-order valence-corrected chi connectivity index (χ3v) is 15.2. The minimum atomic E-state index is -0.838. The number of esters is 9. The molecule has 12 aliphatic rings. The predicted molar refractivity (Wildman–Crippen MR) is 305 cm³/mol. The summed E-state index contributed by atoms with van der Waals surface area (Å²) in [5.74, 6) is -0.533. The summed E-state index contributed by atoms with van der Waals surface area (Å²) in [6.45, 7) is 32.9. The molecule has 4 unspecified atom stereocenters. The number of aliphatic hydroxyl groups is 1. The molecule has 2 N–H and O–H groups in total. The Balaban J connectivity index is 0.000000263. The highest BCUT2D eigenvalue weighted by Crippen LogP contribution is 2.60. The Hall–Kier alpha value is -7.46. The van der Waals surface area contributed by atoms with E-state index in [1.807, 2.05) is 13.0 Å². The van der Waals surface area contributed by atoms with Gasteiger partial charge in [-0.15, -0.1) is 0 Å². The van der Waals surface area contributed by atoms with E-state index < -0.39 is 59.2 Å². The van der Waals surface area contributed by atoms with Gasteiger partial charge in [0.15, 0.2) is 0 Å². The molecule has 22 heteroatoms. The molecule has 8 saturated carbocycles. The van der Waals surface area contributed by atoms with E-state index in [-0.39, 0.29) is 48.1 Å². The zero-order valence-corrected chi connectivity index (χ0v) is 50.0. The molecule has 4 heterocycles. The van der Waals surface area contributed by atoms with Gasteiger partial charge in [0.25, 0.3) is 0 Å². The number of rotatable bonds is 12. The summed E-state index contributed by atoms with van der Waals surface area (Å²) in [6, 6.07) is 0. The largest absolute Gasteiger partial charge is 0.502 e. The maximum atomic E-state index is 11.8. The molecule has 22 nitrogen and oxygen atoms in total. The SMILES string of the molecule is C1=COCCC1.C=C(C)C(=O)OC1(C)C2CC3CC(C2)CC1C3.C=C(C)C(=O)OC12CC3CC(CC(O)(C3)C1)C2.C=C(C)C(=O)OC1CCOC1=O.C=C(C)C(=O)OC1COC(=O)C1.C=CC(=O)OCCC.C=CC(=O)OO.O=C1C=CC(=O)O1. The van der Waals surface area contributed by atoms with Gasteiger partial charge in [-0.1, -0.05) is 46.4 Å². The number of hydrogen-bond donors (Lipinski definition) is 2. The quantitative estimate of drug-likeness (QED) is 0.0461. The maximum Gasteiger partial charge on any atom is 0.365 e. The zero-order valence-electron chi connectivity index (χ0n) is 50.0. The lowest BCUT2D eigenvalue weighted by Crippen LogP contribution is -2.60. The molecule has 4 aliphatic heterocycles. The molecule has 0 aromatic heterocycles. The number of hydrogen-bond acceptors (Lipinski definition) is 22. The molecular weight excluding hydrogens is 1110 g/mol. The first kappa shape index (κ1) is 71.8. The van der Waals surface area contributed by atoms with Gasteiger partial charge in [0, 0.05) is 59.4 Å². The third kappa shape index (κ3) is 24.2. The van der Waals surface area contributed by atoms with Crippen LogP contribution in [0.3, 0.4) is 0 Å². The van der Waals surface area contributed by atoms with Crippen molar-refractivity contribution >= 4 is 59.7 Å². The third-order valence-electron chi connectivity index (χ3n) is 15.2. The summed E-state index contributed by atoms with van der Waals surface area (Å²) in [7, 11) is 0. The second-order valence-corrected chi connectivity index (χ2v) is 23.0. The molecule has 0 amide bonds. The first-order valence-corrected chi connectivity index (χ1v) is 28.5. The molecule has 8 aliphatic carbocycles. The monoisotopic (exact) mass is 1190 g/mol. The predicted octanol–water partition coefficient (Wildman–Crippen LogP) is 8.60. The van der Waals surface area contributed by atoms with Crippen molar-refractivity contribution in [3.05, 3.63) is 98.4 Å². The van der Waals surface area contributed by atoms with Gasteiger partial charge < -0.3 is 47.7 Å². The molecule has 0 radical (unpaired) electrons. The van der Waals surface area contributed by atoms with Crippen molar-refractivity contribution in [3.8, 4) is 0 Å². The standard InChI is InChI=1S/C15H22O2.C14H20O3.2C8H10O4.C6H10O2.C5H8O.C4H2O3.C3H4O3/c1-9(2)14(16)17-15(3)12-5-10-4-11(7-12)8-13(15)6-10;1-9(2)12(15)17-14-6-10-3-11(7-14)5-13(16,4-10)8-14;1-5(2)8(10)12-6-3-7(9)11-4-6;1-5(2)7(9)12-6-3-4-11-8(6)10;1-3-5-8-6(7)4-2;1-2-4-6-5-3-1;5-3-1-2-4(6)7-3;1-2-3(4)6-5/h10-13H,1,4-8H2,2-3H3;10-11,16H,1,3-8H2,2H3;2*6H,1,3-4H2,2H3;4H,2-3,5H2,1H3;2,4H,1,3,5H2;1-2H;2,5H,1H2. The molecule has 0 spiro atoms. The van der Waals surface area contributed by atoms with Crippen molar-refractivity contribution in [1.29, 1.82) is 0 Å².